The first kappa shape index (κ1) is 16.0. The van der Waals surface area contributed by atoms with Crippen molar-refractivity contribution in [1.29, 1.82) is 0 Å². The van der Waals surface area contributed by atoms with Gasteiger partial charge < -0.3 is 5.11 Å². The van der Waals surface area contributed by atoms with E-state index in [1.54, 1.807) is 13.1 Å². The second-order valence-corrected chi connectivity index (χ2v) is 7.33. The molecule has 6 nitrogen and oxygen atoms in total. The van der Waals surface area contributed by atoms with Crippen molar-refractivity contribution >= 4 is 21.4 Å². The van der Waals surface area contributed by atoms with Gasteiger partial charge in [0.1, 0.15) is 5.01 Å². The first-order valence-electron chi connectivity index (χ1n) is 6.49. The highest BCUT2D eigenvalue weighted by atomic mass is 32.2. The molecule has 21 heavy (non-hydrogen) atoms. The third-order valence-electron chi connectivity index (χ3n) is 2.88. The Balaban J connectivity index is 2.15. The summed E-state index contributed by atoms with van der Waals surface area (Å²) in [5.74, 6) is 0. The molecule has 0 aliphatic heterocycles. The van der Waals surface area contributed by atoms with Crippen LogP contribution in [0.1, 0.15) is 35.3 Å². The summed E-state index contributed by atoms with van der Waals surface area (Å²) in [5, 5.41) is 9.59. The molecule has 0 saturated carbocycles. The molecule has 2 aromatic rings. The zero-order valence-corrected chi connectivity index (χ0v) is 13.4. The van der Waals surface area contributed by atoms with Crippen LogP contribution in [0.15, 0.2) is 29.6 Å². The zero-order valence-electron chi connectivity index (χ0n) is 11.8. The Bertz CT molecular complexity index is 696. The van der Waals surface area contributed by atoms with Crippen molar-refractivity contribution in [1.82, 2.24) is 14.7 Å². The lowest BCUT2D eigenvalue weighted by Crippen LogP contribution is -2.27. The summed E-state index contributed by atoms with van der Waals surface area (Å²) < 4.78 is 27.0. The van der Waals surface area contributed by atoms with Gasteiger partial charge in [-0.25, -0.2) is 23.1 Å². The van der Waals surface area contributed by atoms with Gasteiger partial charge in [0.15, 0.2) is 5.03 Å². The molecule has 1 unspecified atom stereocenters. The second kappa shape index (κ2) is 6.61. The van der Waals surface area contributed by atoms with E-state index in [0.717, 1.165) is 16.3 Å². The topological polar surface area (TPSA) is 92.2 Å². The molecule has 0 aliphatic carbocycles. The lowest BCUT2D eigenvalue weighted by atomic mass is 10.3. The number of hydrogen-bond acceptors (Lipinski definition) is 6. The number of nitrogens with one attached hydrogen (secondary N) is 1. The molecular weight excluding hydrogens is 310 g/mol. The highest BCUT2D eigenvalue weighted by Crippen LogP contribution is 2.22. The van der Waals surface area contributed by atoms with E-state index in [9.17, 15) is 8.42 Å². The van der Waals surface area contributed by atoms with E-state index in [-0.39, 0.29) is 11.6 Å². The van der Waals surface area contributed by atoms with Crippen LogP contribution in [0.25, 0.3) is 0 Å². The normalized spacial score (nSPS) is 13.3. The van der Waals surface area contributed by atoms with Crippen LogP contribution in [0.5, 0.6) is 0 Å². The van der Waals surface area contributed by atoms with Gasteiger partial charge in [-0.15, -0.1) is 11.3 Å². The number of rotatable bonds is 6. The van der Waals surface area contributed by atoms with Crippen LogP contribution in [-0.4, -0.2) is 23.5 Å². The fourth-order valence-corrected chi connectivity index (χ4v) is 3.76. The number of sulfonamides is 1. The van der Waals surface area contributed by atoms with Gasteiger partial charge in [-0.2, -0.15) is 0 Å². The lowest BCUT2D eigenvalue weighted by molar-refractivity contribution is 0.281. The molecule has 0 fully saturated rings. The van der Waals surface area contributed by atoms with Gasteiger partial charge in [0, 0.05) is 17.3 Å². The second-order valence-electron chi connectivity index (χ2n) is 4.52. The summed E-state index contributed by atoms with van der Waals surface area (Å²) in [6.07, 6.45) is 3.98. The van der Waals surface area contributed by atoms with Crippen LogP contribution in [-0.2, 0) is 23.1 Å². The fourth-order valence-electron chi connectivity index (χ4n) is 1.69. The quantitative estimate of drug-likeness (QED) is 0.841. The van der Waals surface area contributed by atoms with Gasteiger partial charge in [0.2, 0.25) is 0 Å². The van der Waals surface area contributed by atoms with Gasteiger partial charge in [0.05, 0.1) is 12.6 Å². The zero-order chi connectivity index (χ0) is 15.5. The molecule has 8 heteroatoms. The molecular formula is C13H17N3O3S2. The van der Waals surface area contributed by atoms with Crippen molar-refractivity contribution in [3.8, 4) is 0 Å². The molecule has 114 valence electrons. The van der Waals surface area contributed by atoms with Crippen LogP contribution in [0, 0.1) is 0 Å². The van der Waals surface area contributed by atoms with E-state index in [1.165, 1.54) is 29.7 Å². The number of aryl methyl sites for hydroxylation is 1. The van der Waals surface area contributed by atoms with E-state index >= 15 is 0 Å². The van der Waals surface area contributed by atoms with Crippen molar-refractivity contribution in [2.75, 3.05) is 0 Å². The number of aliphatic hydroxyl groups excluding tert-OH is 1. The maximum atomic E-state index is 12.2. The molecule has 0 radical (unpaired) electrons. The van der Waals surface area contributed by atoms with Crippen LogP contribution >= 0.6 is 11.3 Å². The summed E-state index contributed by atoms with van der Waals surface area (Å²) in [6.45, 7) is 3.60. The average molecular weight is 327 g/mol. The maximum absolute atomic E-state index is 12.2. The van der Waals surface area contributed by atoms with Gasteiger partial charge in [-0.3, -0.25) is 0 Å². The minimum Gasteiger partial charge on any atom is -0.392 e. The van der Waals surface area contributed by atoms with E-state index in [1.807, 2.05) is 6.92 Å². The summed E-state index contributed by atoms with van der Waals surface area (Å²) >= 11 is 1.49. The average Bonchev–Trinajstić information content (AvgIpc) is 2.96. The summed E-state index contributed by atoms with van der Waals surface area (Å²) in [7, 11) is -3.71. The summed E-state index contributed by atoms with van der Waals surface area (Å²) in [4.78, 5) is 9.20. The number of nitrogens with zero attached hydrogens (tertiary/aromatic N) is 2. The molecule has 0 bridgehead atoms. The molecule has 0 aromatic carbocycles. The van der Waals surface area contributed by atoms with Gasteiger partial charge in [-0.05, 0) is 25.0 Å². The summed E-state index contributed by atoms with van der Waals surface area (Å²) in [5.41, 5.74) is 0.564. The molecule has 0 saturated heterocycles. The standard InChI is InChI=1S/C13H17N3O3S2/c1-3-11-7-15-13(20-11)9(2)16-21(18,19)12-5-4-10(8-17)6-14-12/h4-7,9,16-17H,3,8H2,1-2H3. The SMILES string of the molecule is CCc1cnc(C(C)NS(=O)(=O)c2ccc(CO)cn2)s1. The van der Waals surface area contributed by atoms with Gasteiger partial charge in [0.25, 0.3) is 10.0 Å². The van der Waals surface area contributed by atoms with Crippen molar-refractivity contribution < 1.29 is 13.5 Å². The van der Waals surface area contributed by atoms with E-state index in [2.05, 4.69) is 14.7 Å². The minimum absolute atomic E-state index is 0.0705. The number of aliphatic hydroxyl groups is 1. The van der Waals surface area contributed by atoms with Gasteiger partial charge >= 0.3 is 0 Å². The minimum atomic E-state index is -3.71. The molecule has 2 aromatic heterocycles. The number of hydrogen-bond donors (Lipinski definition) is 2. The third-order valence-corrected chi connectivity index (χ3v) is 5.66. The smallest absolute Gasteiger partial charge is 0.258 e. The molecule has 2 heterocycles. The van der Waals surface area contributed by atoms with Crippen LogP contribution in [0.3, 0.4) is 0 Å². The predicted molar refractivity (Wildman–Crippen MR) is 80.4 cm³/mol. The van der Waals surface area contributed by atoms with Crippen molar-refractivity contribution in [2.24, 2.45) is 0 Å². The molecule has 0 amide bonds. The largest absolute Gasteiger partial charge is 0.392 e. The Morgan fingerprint density at radius 1 is 1.33 bits per heavy atom. The Labute approximate surface area is 127 Å². The summed E-state index contributed by atoms with van der Waals surface area (Å²) in [6, 6.07) is 2.49. The van der Waals surface area contributed by atoms with Gasteiger partial charge in [-0.1, -0.05) is 13.0 Å². The predicted octanol–water partition coefficient (Wildman–Crippen LogP) is 1.63. The van der Waals surface area contributed by atoms with Crippen molar-refractivity contribution in [3.63, 3.8) is 0 Å². The molecule has 0 aliphatic rings. The monoisotopic (exact) mass is 327 g/mol. The van der Waals surface area contributed by atoms with E-state index in [4.69, 9.17) is 5.11 Å². The van der Waals surface area contributed by atoms with E-state index in [0.29, 0.717) is 5.56 Å². The molecule has 2 N–H and O–H groups in total. The fraction of sp³-hybridized carbons (Fsp3) is 0.385. The number of thiazole rings is 1. The van der Waals surface area contributed by atoms with Crippen molar-refractivity contribution in [2.45, 2.75) is 37.9 Å². The Kier molecular flexibility index (Phi) is 5.04. The van der Waals surface area contributed by atoms with Crippen LogP contribution in [0.4, 0.5) is 0 Å². The van der Waals surface area contributed by atoms with Crippen molar-refractivity contribution in [3.05, 3.63) is 40.0 Å². The Morgan fingerprint density at radius 2 is 2.10 bits per heavy atom. The first-order chi connectivity index (χ1) is 9.96. The highest BCUT2D eigenvalue weighted by molar-refractivity contribution is 7.89. The highest BCUT2D eigenvalue weighted by Gasteiger charge is 2.21. The van der Waals surface area contributed by atoms with Crippen LogP contribution in [0.2, 0.25) is 0 Å². The molecule has 2 rings (SSSR count). The third kappa shape index (κ3) is 3.85. The molecule has 1 atom stereocenters. The molecule has 0 spiro atoms. The van der Waals surface area contributed by atoms with E-state index < -0.39 is 16.1 Å². The maximum Gasteiger partial charge on any atom is 0.258 e. The first-order valence-corrected chi connectivity index (χ1v) is 8.79. The number of pyridine rings is 1. The Hall–Kier alpha value is -1.35. The Morgan fingerprint density at radius 3 is 2.62 bits per heavy atom. The lowest BCUT2D eigenvalue weighted by Gasteiger charge is -2.11. The van der Waals surface area contributed by atoms with Crippen LogP contribution < -0.4 is 4.72 Å². The number of aromatic nitrogens is 2.